The summed E-state index contributed by atoms with van der Waals surface area (Å²) in [6.45, 7) is 5.01. The van der Waals surface area contributed by atoms with Crippen LogP contribution in [0.4, 0.5) is 5.69 Å². The molecule has 152 valence electrons. The number of hydrogen-bond acceptors (Lipinski definition) is 3. The van der Waals surface area contributed by atoms with E-state index in [1.165, 1.54) is 11.1 Å². The lowest BCUT2D eigenvalue weighted by Gasteiger charge is -2.27. The van der Waals surface area contributed by atoms with Crippen molar-refractivity contribution in [3.05, 3.63) is 65.7 Å². The van der Waals surface area contributed by atoms with E-state index in [-0.39, 0.29) is 36.0 Å². The topological polar surface area (TPSA) is 65.9 Å². The molecule has 1 aliphatic heterocycles. The number of anilines is 1. The number of benzene rings is 2. The third-order valence-corrected chi connectivity index (χ3v) is 5.03. The number of halogens is 1. The number of aliphatic imine (C=N–C) groups is 1. The fraction of sp³-hybridized carbons (Fsp3) is 0.409. The van der Waals surface area contributed by atoms with Gasteiger partial charge in [-0.15, -0.1) is 24.0 Å². The average molecular weight is 495 g/mol. The van der Waals surface area contributed by atoms with Gasteiger partial charge >= 0.3 is 0 Å². The van der Waals surface area contributed by atoms with E-state index < -0.39 is 0 Å². The first kappa shape index (κ1) is 22.6. The highest BCUT2D eigenvalue weighted by atomic mass is 127. The summed E-state index contributed by atoms with van der Waals surface area (Å²) >= 11 is 0. The first-order valence-corrected chi connectivity index (χ1v) is 9.54. The van der Waals surface area contributed by atoms with Crippen LogP contribution in [0.5, 0.6) is 0 Å². The van der Waals surface area contributed by atoms with E-state index in [2.05, 4.69) is 41.8 Å². The van der Waals surface area contributed by atoms with Gasteiger partial charge in [0.05, 0.1) is 13.2 Å². The van der Waals surface area contributed by atoms with Crippen LogP contribution in [-0.2, 0) is 11.3 Å². The number of ether oxygens (including phenoxy) is 1. The van der Waals surface area contributed by atoms with E-state index in [9.17, 15) is 5.11 Å². The molecule has 0 aliphatic carbocycles. The molecule has 0 spiro atoms. The molecule has 0 amide bonds. The highest BCUT2D eigenvalue weighted by Gasteiger charge is 2.34. The van der Waals surface area contributed by atoms with Gasteiger partial charge in [0, 0.05) is 30.9 Å². The molecule has 1 heterocycles. The number of aliphatic hydroxyl groups excluding tert-OH is 1. The van der Waals surface area contributed by atoms with Gasteiger partial charge in [0.1, 0.15) is 0 Å². The van der Waals surface area contributed by atoms with Crippen molar-refractivity contribution in [3.8, 4) is 0 Å². The van der Waals surface area contributed by atoms with Crippen LogP contribution in [0.1, 0.15) is 24.0 Å². The van der Waals surface area contributed by atoms with Crippen molar-refractivity contribution in [2.24, 2.45) is 10.4 Å². The van der Waals surface area contributed by atoms with Crippen molar-refractivity contribution in [1.29, 1.82) is 0 Å². The van der Waals surface area contributed by atoms with Gasteiger partial charge in [-0.25, -0.2) is 4.99 Å². The Labute approximate surface area is 184 Å². The molecule has 1 unspecified atom stereocenters. The summed E-state index contributed by atoms with van der Waals surface area (Å²) in [5.74, 6) is 0.742. The smallest absolute Gasteiger partial charge is 0.196 e. The van der Waals surface area contributed by atoms with E-state index in [0.717, 1.165) is 37.6 Å². The number of aliphatic hydroxyl groups is 1. The zero-order valence-electron chi connectivity index (χ0n) is 16.4. The molecule has 1 saturated heterocycles. The van der Waals surface area contributed by atoms with Crippen molar-refractivity contribution in [3.63, 3.8) is 0 Å². The molecule has 2 aromatic rings. The van der Waals surface area contributed by atoms with E-state index >= 15 is 0 Å². The van der Waals surface area contributed by atoms with Gasteiger partial charge in [-0.05, 0) is 37.5 Å². The Morgan fingerprint density at radius 3 is 2.54 bits per heavy atom. The Bertz CT molecular complexity index is 729. The third-order valence-electron chi connectivity index (χ3n) is 5.03. The van der Waals surface area contributed by atoms with Gasteiger partial charge in [-0.1, -0.05) is 48.0 Å². The Morgan fingerprint density at radius 2 is 1.89 bits per heavy atom. The third kappa shape index (κ3) is 6.76. The molecule has 28 heavy (non-hydrogen) atoms. The average Bonchev–Trinajstić information content (AvgIpc) is 3.15. The minimum absolute atomic E-state index is 0. The maximum Gasteiger partial charge on any atom is 0.196 e. The predicted octanol–water partition coefficient (Wildman–Crippen LogP) is 3.96. The normalized spacial score (nSPS) is 19.1. The number of aryl methyl sites for hydroxylation is 1. The van der Waals surface area contributed by atoms with Crippen molar-refractivity contribution in [1.82, 2.24) is 5.32 Å². The molecule has 0 aromatic heterocycles. The van der Waals surface area contributed by atoms with Crippen molar-refractivity contribution in [2.45, 2.75) is 26.3 Å². The molecule has 1 aliphatic rings. The first-order valence-electron chi connectivity index (χ1n) is 9.54. The maximum absolute atomic E-state index is 9.44. The summed E-state index contributed by atoms with van der Waals surface area (Å²) in [7, 11) is 0. The molecular formula is C22H30IN3O2. The van der Waals surface area contributed by atoms with Crippen LogP contribution < -0.4 is 10.6 Å². The van der Waals surface area contributed by atoms with Crippen LogP contribution in [0.25, 0.3) is 0 Å². The highest BCUT2D eigenvalue weighted by molar-refractivity contribution is 14.0. The summed E-state index contributed by atoms with van der Waals surface area (Å²) < 4.78 is 5.59. The fourth-order valence-corrected chi connectivity index (χ4v) is 3.24. The molecule has 6 heteroatoms. The molecule has 2 aromatic carbocycles. The van der Waals surface area contributed by atoms with Gasteiger partial charge in [0.2, 0.25) is 0 Å². The number of hydrogen-bond donors (Lipinski definition) is 3. The maximum atomic E-state index is 9.44. The fourth-order valence-electron chi connectivity index (χ4n) is 3.24. The van der Waals surface area contributed by atoms with Crippen LogP contribution in [-0.4, -0.2) is 37.4 Å². The van der Waals surface area contributed by atoms with E-state index in [0.29, 0.717) is 13.2 Å². The molecule has 0 bridgehead atoms. The summed E-state index contributed by atoms with van der Waals surface area (Å²) in [5, 5.41) is 16.3. The van der Waals surface area contributed by atoms with Crippen LogP contribution in [0.15, 0.2) is 59.6 Å². The zero-order chi connectivity index (χ0) is 19.0. The quantitative estimate of drug-likeness (QED) is 0.309. The monoisotopic (exact) mass is 495 g/mol. The number of guanidine groups is 1. The first-order chi connectivity index (χ1) is 13.2. The largest absolute Gasteiger partial charge is 0.396 e. The predicted molar refractivity (Wildman–Crippen MR) is 125 cm³/mol. The van der Waals surface area contributed by atoms with Gasteiger partial charge in [0.15, 0.2) is 5.96 Å². The second-order valence-corrected chi connectivity index (χ2v) is 7.27. The number of para-hydroxylation sites is 1. The molecule has 3 N–H and O–H groups in total. The van der Waals surface area contributed by atoms with Crippen molar-refractivity contribution < 1.29 is 9.84 Å². The van der Waals surface area contributed by atoms with Crippen molar-refractivity contribution >= 4 is 35.6 Å². The summed E-state index contributed by atoms with van der Waals surface area (Å²) in [4.78, 5) is 4.76. The number of nitrogens with one attached hydrogen (secondary N) is 2. The van der Waals surface area contributed by atoms with E-state index in [4.69, 9.17) is 9.73 Å². The molecule has 5 nitrogen and oxygen atoms in total. The Balaban J connectivity index is 0.00000280. The Hall–Kier alpha value is -1.64. The summed E-state index contributed by atoms with van der Waals surface area (Å²) in [6, 6.07) is 18.5. The molecule has 3 rings (SSSR count). The molecule has 0 saturated carbocycles. The van der Waals surface area contributed by atoms with Gasteiger partial charge in [-0.3, -0.25) is 0 Å². The SMILES string of the molecule is Cc1ccc(CN=C(NCC2(CCO)CCOC2)Nc2ccccc2)cc1.I. The number of rotatable bonds is 7. The van der Waals surface area contributed by atoms with Crippen LogP contribution in [0, 0.1) is 12.3 Å². The van der Waals surface area contributed by atoms with E-state index in [1.807, 2.05) is 30.3 Å². The standard InChI is InChI=1S/C22H29N3O2.HI/c1-18-7-9-19(10-8-18)15-23-21(25-20-5-3-2-4-6-20)24-16-22(11-13-26)12-14-27-17-22;/h2-10,26H,11-17H2,1H3,(H2,23,24,25);1H. The minimum atomic E-state index is -0.0300. The van der Waals surface area contributed by atoms with Gasteiger partial charge < -0.3 is 20.5 Å². The van der Waals surface area contributed by atoms with Crippen LogP contribution in [0.3, 0.4) is 0 Å². The van der Waals surface area contributed by atoms with Gasteiger partial charge in [-0.2, -0.15) is 0 Å². The number of nitrogens with zero attached hydrogens (tertiary/aromatic N) is 1. The lowest BCUT2D eigenvalue weighted by atomic mass is 9.84. The highest BCUT2D eigenvalue weighted by Crippen LogP contribution is 2.31. The van der Waals surface area contributed by atoms with Gasteiger partial charge in [0.25, 0.3) is 0 Å². The Kier molecular flexibility index (Phi) is 9.21. The molecule has 0 radical (unpaired) electrons. The molecular weight excluding hydrogens is 465 g/mol. The van der Waals surface area contributed by atoms with Crippen LogP contribution in [0.2, 0.25) is 0 Å². The summed E-state index contributed by atoms with van der Waals surface area (Å²) in [6.07, 6.45) is 1.69. The van der Waals surface area contributed by atoms with Crippen LogP contribution >= 0.6 is 24.0 Å². The zero-order valence-corrected chi connectivity index (χ0v) is 18.7. The second kappa shape index (κ2) is 11.4. The molecule has 1 fully saturated rings. The lowest BCUT2D eigenvalue weighted by molar-refractivity contribution is 0.128. The lowest BCUT2D eigenvalue weighted by Crippen LogP contribution is -2.41. The van der Waals surface area contributed by atoms with E-state index in [1.54, 1.807) is 0 Å². The van der Waals surface area contributed by atoms with Crippen molar-refractivity contribution in [2.75, 3.05) is 31.7 Å². The molecule has 1 atom stereocenters. The summed E-state index contributed by atoms with van der Waals surface area (Å²) in [5.41, 5.74) is 3.38. The minimum Gasteiger partial charge on any atom is -0.396 e. The Morgan fingerprint density at radius 1 is 1.14 bits per heavy atom. The second-order valence-electron chi connectivity index (χ2n) is 7.27.